The average molecular weight is 545 g/mol. The third kappa shape index (κ3) is 8.75. The van der Waals surface area contributed by atoms with Crippen LogP contribution >= 0.6 is 15.9 Å². The molecule has 0 bridgehead atoms. The van der Waals surface area contributed by atoms with E-state index in [4.69, 9.17) is 19.9 Å². The van der Waals surface area contributed by atoms with Crippen LogP contribution in [0.1, 0.15) is 43.0 Å². The molecule has 0 radical (unpaired) electrons. The maximum Gasteiger partial charge on any atom is 0.144 e. The monoisotopic (exact) mass is 543 g/mol. The smallest absolute Gasteiger partial charge is 0.144 e. The summed E-state index contributed by atoms with van der Waals surface area (Å²) >= 11 is 3.60. The molecule has 0 saturated heterocycles. The number of nitrogens with zero attached hydrogens (tertiary/aromatic N) is 1. The Labute approximate surface area is 218 Å². The molecule has 0 saturated carbocycles. The summed E-state index contributed by atoms with van der Waals surface area (Å²) in [7, 11) is 4.94. The summed E-state index contributed by atoms with van der Waals surface area (Å²) in [5.74, 6) is 2.11. The van der Waals surface area contributed by atoms with Gasteiger partial charge in [0.15, 0.2) is 0 Å². The van der Waals surface area contributed by atoms with Crippen LogP contribution in [0.4, 0.5) is 0 Å². The molecule has 0 atom stereocenters. The molecule has 6 nitrogen and oxygen atoms in total. The van der Waals surface area contributed by atoms with E-state index in [9.17, 15) is 0 Å². The van der Waals surface area contributed by atoms with Crippen LogP contribution in [0, 0.1) is 6.92 Å². The molecule has 1 aliphatic carbocycles. The number of halogens is 1. The van der Waals surface area contributed by atoms with E-state index in [0.29, 0.717) is 43.4 Å². The van der Waals surface area contributed by atoms with Crippen molar-refractivity contribution in [3.63, 3.8) is 0 Å². The first kappa shape index (κ1) is 28.5. The maximum absolute atomic E-state index is 6.30. The molecular weight excluding hydrogens is 506 g/mol. The van der Waals surface area contributed by atoms with Gasteiger partial charge in [-0.25, -0.2) is 0 Å². The predicted molar refractivity (Wildman–Crippen MR) is 147 cm³/mol. The highest BCUT2D eigenvalue weighted by Crippen LogP contribution is 2.31. The lowest BCUT2D eigenvalue weighted by Gasteiger charge is -2.14. The van der Waals surface area contributed by atoms with E-state index in [1.54, 1.807) is 27.5 Å². The van der Waals surface area contributed by atoms with Gasteiger partial charge in [0, 0.05) is 37.2 Å². The molecule has 0 amide bonds. The Morgan fingerprint density at radius 3 is 2.40 bits per heavy atom. The second-order valence-corrected chi connectivity index (χ2v) is 9.51. The zero-order chi connectivity index (χ0) is 25.8. The third-order valence-corrected chi connectivity index (χ3v) is 6.27. The highest BCUT2D eigenvalue weighted by Gasteiger charge is 2.19. The Kier molecular flexibility index (Phi) is 11.9. The van der Waals surface area contributed by atoms with Crippen molar-refractivity contribution in [3.05, 3.63) is 92.7 Å². The fourth-order valence-corrected chi connectivity index (χ4v) is 4.07. The van der Waals surface area contributed by atoms with Gasteiger partial charge in [-0.05, 0) is 36.6 Å². The summed E-state index contributed by atoms with van der Waals surface area (Å²) in [6.45, 7) is 7.75. The standard InChI is InChI=1S/C18H24BrN3O3.C10H14/c1-23-8-7-22-18-16(25-3)11-12(9-13(19)17(18)20)10-14-15(24-2)5-4-6-21-14;1-8(2)10-6-4-9(3)5-7-10/h4-6,11,22H,7-10,20H2,1-3H3;4-8H,1-3H3. The number of nitrogens with one attached hydrogen (secondary N) is 1. The van der Waals surface area contributed by atoms with Gasteiger partial charge < -0.3 is 25.3 Å². The Balaban J connectivity index is 0.000000360. The number of aromatic nitrogens is 1. The fraction of sp³-hybridized carbons (Fsp3) is 0.393. The molecule has 0 spiro atoms. The SMILES string of the molecule is COCCNC1=C(OC)C=C(Cc2ncccc2OC)CC(Br)=C1N.Cc1ccc(C(C)C)cc1. The predicted octanol–water partition coefficient (Wildman–Crippen LogP) is 5.74. The lowest BCUT2D eigenvalue weighted by atomic mass is 10.0. The number of aryl methyl sites for hydroxylation is 1. The summed E-state index contributed by atoms with van der Waals surface area (Å²) in [5.41, 5.74) is 12.4. The van der Waals surface area contributed by atoms with Gasteiger partial charge in [0.05, 0.1) is 32.2 Å². The van der Waals surface area contributed by atoms with E-state index < -0.39 is 0 Å². The largest absolute Gasteiger partial charge is 0.495 e. The number of benzene rings is 1. The molecular formula is C28H38BrN3O3. The van der Waals surface area contributed by atoms with Gasteiger partial charge in [-0.1, -0.05) is 65.2 Å². The van der Waals surface area contributed by atoms with E-state index in [-0.39, 0.29) is 0 Å². The Morgan fingerprint density at radius 2 is 1.80 bits per heavy atom. The van der Waals surface area contributed by atoms with Gasteiger partial charge in [0.25, 0.3) is 0 Å². The summed E-state index contributed by atoms with van der Waals surface area (Å²) < 4.78 is 17.0. The third-order valence-electron chi connectivity index (χ3n) is 5.56. The van der Waals surface area contributed by atoms with Crippen molar-refractivity contribution < 1.29 is 14.2 Å². The molecule has 0 unspecified atom stereocenters. The van der Waals surface area contributed by atoms with Crippen LogP contribution in [0.25, 0.3) is 0 Å². The minimum absolute atomic E-state index is 0.576. The van der Waals surface area contributed by atoms with Gasteiger partial charge in [-0.15, -0.1) is 0 Å². The zero-order valence-electron chi connectivity index (χ0n) is 21.7. The van der Waals surface area contributed by atoms with Gasteiger partial charge in [0.2, 0.25) is 0 Å². The van der Waals surface area contributed by atoms with E-state index in [1.165, 1.54) is 11.1 Å². The van der Waals surface area contributed by atoms with Gasteiger partial charge in [-0.3, -0.25) is 4.98 Å². The van der Waals surface area contributed by atoms with Crippen LogP contribution in [0.5, 0.6) is 5.75 Å². The van der Waals surface area contributed by atoms with Crippen molar-refractivity contribution in [1.82, 2.24) is 10.3 Å². The Morgan fingerprint density at radius 1 is 1.09 bits per heavy atom. The fourth-order valence-electron chi connectivity index (χ4n) is 3.51. The van der Waals surface area contributed by atoms with Crippen molar-refractivity contribution >= 4 is 15.9 Å². The minimum atomic E-state index is 0.576. The van der Waals surface area contributed by atoms with Crippen molar-refractivity contribution in [3.8, 4) is 5.75 Å². The molecule has 190 valence electrons. The molecule has 1 aromatic heterocycles. The van der Waals surface area contributed by atoms with Gasteiger partial charge in [0.1, 0.15) is 17.2 Å². The maximum atomic E-state index is 6.30. The number of rotatable bonds is 9. The van der Waals surface area contributed by atoms with E-state index in [2.05, 4.69) is 71.3 Å². The number of hydrogen-bond acceptors (Lipinski definition) is 6. The molecule has 2 aromatic rings. The molecule has 3 N–H and O–H groups in total. The Hall–Kier alpha value is -2.77. The van der Waals surface area contributed by atoms with Crippen LogP contribution in [-0.4, -0.2) is 39.5 Å². The van der Waals surface area contributed by atoms with Crippen molar-refractivity contribution in [2.45, 2.75) is 39.5 Å². The first-order chi connectivity index (χ1) is 16.8. The molecule has 0 fully saturated rings. The first-order valence-corrected chi connectivity index (χ1v) is 12.5. The number of allylic oxidation sites excluding steroid dienone is 3. The average Bonchev–Trinajstić information content (AvgIpc) is 2.96. The molecule has 0 aliphatic heterocycles. The lowest BCUT2D eigenvalue weighted by molar-refractivity contribution is 0.201. The van der Waals surface area contributed by atoms with Crippen LogP contribution in [0.3, 0.4) is 0 Å². The second kappa shape index (κ2) is 14.6. The van der Waals surface area contributed by atoms with Crippen molar-refractivity contribution in [2.75, 3.05) is 34.5 Å². The van der Waals surface area contributed by atoms with Crippen molar-refractivity contribution in [2.24, 2.45) is 5.73 Å². The van der Waals surface area contributed by atoms with Crippen LogP contribution in [0.2, 0.25) is 0 Å². The highest BCUT2D eigenvalue weighted by molar-refractivity contribution is 9.11. The number of pyridine rings is 1. The molecule has 1 aromatic carbocycles. The second-order valence-electron chi connectivity index (χ2n) is 8.56. The van der Waals surface area contributed by atoms with E-state index >= 15 is 0 Å². The summed E-state index contributed by atoms with van der Waals surface area (Å²) in [4.78, 5) is 4.43. The first-order valence-electron chi connectivity index (χ1n) is 11.7. The number of nitrogens with two attached hydrogens (primary N) is 1. The zero-order valence-corrected chi connectivity index (χ0v) is 23.2. The lowest BCUT2D eigenvalue weighted by Crippen LogP contribution is -2.24. The topological polar surface area (TPSA) is 78.6 Å². The molecule has 35 heavy (non-hydrogen) atoms. The van der Waals surface area contributed by atoms with E-state index in [1.807, 2.05) is 18.2 Å². The summed E-state index contributed by atoms with van der Waals surface area (Å²) in [6.07, 6.45) is 5.09. The Bertz CT molecular complexity index is 1040. The normalized spacial score (nSPS) is 13.7. The van der Waals surface area contributed by atoms with Gasteiger partial charge in [-0.2, -0.15) is 0 Å². The molecule has 3 rings (SSSR count). The number of hydrogen-bond donors (Lipinski definition) is 2. The van der Waals surface area contributed by atoms with Gasteiger partial charge >= 0.3 is 0 Å². The van der Waals surface area contributed by atoms with E-state index in [0.717, 1.165) is 27.2 Å². The quantitative estimate of drug-likeness (QED) is 0.392. The van der Waals surface area contributed by atoms with Crippen molar-refractivity contribution in [1.29, 1.82) is 0 Å². The van der Waals surface area contributed by atoms with Crippen LogP contribution in [-0.2, 0) is 15.9 Å². The minimum Gasteiger partial charge on any atom is -0.495 e. The summed E-state index contributed by atoms with van der Waals surface area (Å²) in [5, 5.41) is 3.28. The summed E-state index contributed by atoms with van der Waals surface area (Å²) in [6, 6.07) is 12.5. The number of methoxy groups -OCH3 is 3. The van der Waals surface area contributed by atoms with Crippen LogP contribution in [0.15, 0.2) is 75.9 Å². The molecule has 1 aliphatic rings. The van der Waals surface area contributed by atoms with Crippen LogP contribution < -0.4 is 15.8 Å². The molecule has 1 heterocycles. The highest BCUT2D eigenvalue weighted by atomic mass is 79.9. The number of ether oxygens (including phenoxy) is 3. The molecule has 7 heteroatoms.